The number of hydrogen-bond donors (Lipinski definition) is 3. The van der Waals surface area contributed by atoms with Gasteiger partial charge in [-0.15, -0.1) is 0 Å². The summed E-state index contributed by atoms with van der Waals surface area (Å²) in [6, 6.07) is 5.95. The Hall–Kier alpha value is -1.70. The highest BCUT2D eigenvalue weighted by atomic mass is 32.1. The third-order valence-corrected chi connectivity index (χ3v) is 3.79. The number of carbonyl (C=O) groups is 1. The lowest BCUT2D eigenvalue weighted by atomic mass is 10.1. The molecule has 1 aromatic heterocycles. The second kappa shape index (κ2) is 11.0. The molecule has 138 valence electrons. The first-order chi connectivity index (χ1) is 12.2. The number of H-pyrrole nitrogens is 1. The maximum atomic E-state index is 11.0. The lowest BCUT2D eigenvalue weighted by molar-refractivity contribution is -0.118. The Morgan fingerprint density at radius 1 is 1.16 bits per heavy atom. The van der Waals surface area contributed by atoms with Gasteiger partial charge in [0.25, 0.3) is 0 Å². The quantitative estimate of drug-likeness (QED) is 0.398. The fourth-order valence-corrected chi connectivity index (χ4v) is 2.56. The van der Waals surface area contributed by atoms with E-state index in [-0.39, 0.29) is 5.91 Å². The van der Waals surface area contributed by atoms with Gasteiger partial charge in [0.05, 0.1) is 26.4 Å². The molecular weight excluding hydrogens is 340 g/mol. The summed E-state index contributed by atoms with van der Waals surface area (Å²) >= 11 is 4.07. The summed E-state index contributed by atoms with van der Waals surface area (Å²) in [5.74, 6) is 1.51. The number of ether oxygens (including phenoxy) is 3. The number of fused-ring (bicyclic) bond motifs is 1. The number of carbonyl (C=O) groups excluding carboxylic acids is 1. The summed E-state index contributed by atoms with van der Waals surface area (Å²) in [5, 5.41) is 3.93. The van der Waals surface area contributed by atoms with E-state index in [2.05, 4.69) is 22.9 Å². The van der Waals surface area contributed by atoms with Crippen LogP contribution in [0.3, 0.4) is 0 Å². The zero-order valence-corrected chi connectivity index (χ0v) is 15.4. The Bertz CT molecular complexity index is 660. The van der Waals surface area contributed by atoms with Crippen LogP contribution in [0.5, 0.6) is 5.75 Å². The van der Waals surface area contributed by atoms with Crippen molar-refractivity contribution in [1.82, 2.24) is 10.3 Å². The average molecular weight is 366 g/mol. The summed E-state index contributed by atoms with van der Waals surface area (Å²) in [5.41, 5.74) is 2.22. The summed E-state index contributed by atoms with van der Waals surface area (Å²) in [6.07, 6.45) is 2.75. The van der Waals surface area contributed by atoms with Crippen molar-refractivity contribution in [1.29, 1.82) is 0 Å². The standard InChI is InChI=1S/C18H26N2O4S/c1-14(21)19-5-4-15-13-20-18-3-2-16(12-17(15)18)24-9-8-22-6-7-23-10-11-25/h2-3,12-13,20,25H,4-11H2,1H3,(H,19,21). The largest absolute Gasteiger partial charge is 0.491 e. The molecule has 25 heavy (non-hydrogen) atoms. The van der Waals surface area contributed by atoms with Crippen LogP contribution in [0.4, 0.5) is 0 Å². The molecule has 0 radical (unpaired) electrons. The molecule has 0 aliphatic rings. The topological polar surface area (TPSA) is 72.6 Å². The molecule has 7 heteroatoms. The third kappa shape index (κ3) is 6.97. The molecule has 2 rings (SSSR count). The predicted molar refractivity (Wildman–Crippen MR) is 102 cm³/mol. The fourth-order valence-electron chi connectivity index (χ4n) is 2.43. The summed E-state index contributed by atoms with van der Waals surface area (Å²) in [6.45, 7) is 4.93. The highest BCUT2D eigenvalue weighted by molar-refractivity contribution is 7.80. The van der Waals surface area contributed by atoms with Gasteiger partial charge in [-0.05, 0) is 30.2 Å². The molecule has 0 bridgehead atoms. The first-order valence-corrected chi connectivity index (χ1v) is 9.07. The molecule has 0 spiro atoms. The van der Waals surface area contributed by atoms with E-state index in [4.69, 9.17) is 14.2 Å². The SMILES string of the molecule is CC(=O)NCCc1c[nH]c2ccc(OCCOCCOCCS)cc12. The first kappa shape index (κ1) is 19.6. The van der Waals surface area contributed by atoms with Crippen LogP contribution in [0.25, 0.3) is 10.9 Å². The zero-order chi connectivity index (χ0) is 17.9. The minimum Gasteiger partial charge on any atom is -0.491 e. The first-order valence-electron chi connectivity index (χ1n) is 8.44. The summed E-state index contributed by atoms with van der Waals surface area (Å²) < 4.78 is 16.5. The Labute approximate surface area is 153 Å². The van der Waals surface area contributed by atoms with Gasteiger partial charge < -0.3 is 24.5 Å². The van der Waals surface area contributed by atoms with Gasteiger partial charge in [0.1, 0.15) is 12.4 Å². The van der Waals surface area contributed by atoms with E-state index >= 15 is 0 Å². The van der Waals surface area contributed by atoms with E-state index in [0.717, 1.165) is 34.4 Å². The van der Waals surface area contributed by atoms with Crippen LogP contribution in [0.1, 0.15) is 12.5 Å². The van der Waals surface area contributed by atoms with E-state index in [0.29, 0.717) is 39.6 Å². The Morgan fingerprint density at radius 2 is 1.92 bits per heavy atom. The molecule has 0 aliphatic heterocycles. The van der Waals surface area contributed by atoms with Crippen molar-refractivity contribution in [3.8, 4) is 5.75 Å². The van der Waals surface area contributed by atoms with Gasteiger partial charge >= 0.3 is 0 Å². The minimum absolute atomic E-state index is 0.0140. The number of amides is 1. The van der Waals surface area contributed by atoms with Gasteiger partial charge in [0, 0.05) is 36.3 Å². The molecule has 0 aliphatic carbocycles. The van der Waals surface area contributed by atoms with Crippen LogP contribution in [0.15, 0.2) is 24.4 Å². The number of rotatable bonds is 12. The molecule has 2 N–H and O–H groups in total. The number of benzene rings is 1. The fraction of sp³-hybridized carbons (Fsp3) is 0.500. The molecule has 0 saturated heterocycles. The molecule has 2 aromatic rings. The van der Waals surface area contributed by atoms with Gasteiger partial charge in [0.15, 0.2) is 0 Å². The van der Waals surface area contributed by atoms with E-state index in [1.807, 2.05) is 24.4 Å². The van der Waals surface area contributed by atoms with Gasteiger partial charge in [-0.2, -0.15) is 12.6 Å². The molecule has 0 fully saturated rings. The number of aromatic nitrogens is 1. The molecular formula is C18H26N2O4S. The van der Waals surface area contributed by atoms with Crippen LogP contribution in [-0.4, -0.2) is 56.2 Å². The van der Waals surface area contributed by atoms with Crippen LogP contribution < -0.4 is 10.1 Å². The summed E-state index contributed by atoms with van der Waals surface area (Å²) in [7, 11) is 0. The van der Waals surface area contributed by atoms with E-state index in [9.17, 15) is 4.79 Å². The van der Waals surface area contributed by atoms with Crippen LogP contribution in [0, 0.1) is 0 Å². The molecule has 1 heterocycles. The van der Waals surface area contributed by atoms with Gasteiger partial charge in [-0.1, -0.05) is 0 Å². The third-order valence-electron chi connectivity index (χ3n) is 3.61. The predicted octanol–water partition coefficient (Wildman–Crippen LogP) is 2.19. The van der Waals surface area contributed by atoms with Crippen molar-refractivity contribution < 1.29 is 19.0 Å². The van der Waals surface area contributed by atoms with Crippen LogP contribution in [-0.2, 0) is 20.7 Å². The lowest BCUT2D eigenvalue weighted by Crippen LogP contribution is -2.22. The lowest BCUT2D eigenvalue weighted by Gasteiger charge is -2.08. The Balaban J connectivity index is 1.76. The second-order valence-electron chi connectivity index (χ2n) is 5.55. The normalized spacial score (nSPS) is 11.0. The molecule has 0 atom stereocenters. The van der Waals surface area contributed by atoms with Crippen molar-refractivity contribution in [2.75, 3.05) is 45.3 Å². The zero-order valence-electron chi connectivity index (χ0n) is 14.5. The monoisotopic (exact) mass is 366 g/mol. The van der Waals surface area contributed by atoms with Crippen molar-refractivity contribution in [3.05, 3.63) is 30.0 Å². The van der Waals surface area contributed by atoms with Crippen molar-refractivity contribution >= 4 is 29.4 Å². The number of nitrogens with one attached hydrogen (secondary N) is 2. The maximum Gasteiger partial charge on any atom is 0.216 e. The Kier molecular flexibility index (Phi) is 8.65. The van der Waals surface area contributed by atoms with Crippen LogP contribution >= 0.6 is 12.6 Å². The van der Waals surface area contributed by atoms with Crippen molar-refractivity contribution in [3.63, 3.8) is 0 Å². The molecule has 6 nitrogen and oxygen atoms in total. The number of hydrogen-bond acceptors (Lipinski definition) is 5. The van der Waals surface area contributed by atoms with Crippen LogP contribution in [0.2, 0.25) is 0 Å². The highest BCUT2D eigenvalue weighted by Gasteiger charge is 2.06. The van der Waals surface area contributed by atoms with E-state index < -0.39 is 0 Å². The van der Waals surface area contributed by atoms with Gasteiger partial charge in [0.2, 0.25) is 5.91 Å². The van der Waals surface area contributed by atoms with Gasteiger partial charge in [-0.3, -0.25) is 4.79 Å². The van der Waals surface area contributed by atoms with E-state index in [1.54, 1.807) is 0 Å². The number of thiol groups is 1. The van der Waals surface area contributed by atoms with Crippen molar-refractivity contribution in [2.24, 2.45) is 0 Å². The smallest absolute Gasteiger partial charge is 0.216 e. The molecule has 0 saturated carbocycles. The van der Waals surface area contributed by atoms with E-state index in [1.165, 1.54) is 6.92 Å². The highest BCUT2D eigenvalue weighted by Crippen LogP contribution is 2.24. The average Bonchev–Trinajstić information content (AvgIpc) is 2.99. The molecule has 1 aromatic carbocycles. The van der Waals surface area contributed by atoms with Crippen molar-refractivity contribution in [2.45, 2.75) is 13.3 Å². The minimum atomic E-state index is -0.0140. The molecule has 0 unspecified atom stereocenters. The number of aromatic amines is 1. The van der Waals surface area contributed by atoms with Gasteiger partial charge in [-0.25, -0.2) is 0 Å². The second-order valence-corrected chi connectivity index (χ2v) is 6.00. The molecule has 1 amide bonds. The summed E-state index contributed by atoms with van der Waals surface area (Å²) in [4.78, 5) is 14.2. The maximum absolute atomic E-state index is 11.0. The Morgan fingerprint density at radius 3 is 2.68 bits per heavy atom.